The van der Waals surface area contributed by atoms with Crippen molar-refractivity contribution in [2.24, 2.45) is 0 Å². The summed E-state index contributed by atoms with van der Waals surface area (Å²) in [6.07, 6.45) is 6.75. The molecular formula is C18H18F2N2. The van der Waals surface area contributed by atoms with Gasteiger partial charge in [-0.2, -0.15) is 0 Å². The normalized spacial score (nSPS) is 22.5. The molecule has 0 amide bonds. The highest BCUT2D eigenvalue weighted by Gasteiger charge is 2.36. The van der Waals surface area contributed by atoms with E-state index >= 15 is 0 Å². The van der Waals surface area contributed by atoms with Crippen LogP contribution in [0, 0.1) is 18.6 Å². The van der Waals surface area contributed by atoms with Gasteiger partial charge in [-0.1, -0.05) is 0 Å². The molecule has 5 rings (SSSR count). The van der Waals surface area contributed by atoms with E-state index < -0.39 is 11.6 Å². The number of hydrogen-bond donors (Lipinski definition) is 1. The number of nitrogens with zero attached hydrogens (tertiary/aromatic N) is 1. The van der Waals surface area contributed by atoms with Crippen LogP contribution in [0.25, 0.3) is 0 Å². The first-order valence-electron chi connectivity index (χ1n) is 7.85. The molecular weight excluding hydrogens is 282 g/mol. The molecule has 1 aromatic carbocycles. The zero-order chi connectivity index (χ0) is 15.3. The van der Waals surface area contributed by atoms with Crippen molar-refractivity contribution in [2.45, 2.75) is 44.4 Å². The first-order chi connectivity index (χ1) is 10.6. The van der Waals surface area contributed by atoms with E-state index in [0.717, 1.165) is 17.4 Å². The topological polar surface area (TPSA) is 24.9 Å². The van der Waals surface area contributed by atoms with Gasteiger partial charge >= 0.3 is 0 Å². The predicted octanol–water partition coefficient (Wildman–Crippen LogP) is 5.17. The zero-order valence-electron chi connectivity index (χ0n) is 12.5. The Labute approximate surface area is 128 Å². The first kappa shape index (κ1) is 13.7. The lowest BCUT2D eigenvalue weighted by Crippen LogP contribution is -2.24. The summed E-state index contributed by atoms with van der Waals surface area (Å²) in [6.45, 7) is 2.07. The fourth-order valence-electron chi connectivity index (χ4n) is 4.10. The molecule has 3 aliphatic carbocycles. The van der Waals surface area contributed by atoms with Crippen molar-refractivity contribution in [1.82, 2.24) is 4.98 Å². The number of fused-ring (bicyclic) bond motifs is 2. The monoisotopic (exact) mass is 300 g/mol. The Morgan fingerprint density at radius 2 is 1.68 bits per heavy atom. The van der Waals surface area contributed by atoms with Gasteiger partial charge in [-0.15, -0.1) is 0 Å². The van der Waals surface area contributed by atoms with E-state index in [1.807, 2.05) is 6.20 Å². The van der Waals surface area contributed by atoms with Crippen LogP contribution in [0.5, 0.6) is 0 Å². The van der Waals surface area contributed by atoms with E-state index in [2.05, 4.69) is 17.2 Å². The van der Waals surface area contributed by atoms with Crippen LogP contribution in [0.3, 0.4) is 0 Å². The number of rotatable bonds is 2. The Kier molecular flexibility index (Phi) is 3.13. The summed E-state index contributed by atoms with van der Waals surface area (Å²) >= 11 is 0. The SMILES string of the molecule is Cc1ncc(Nc2ccc(F)c(F)c2)c2c1C1CCC2CC1. The molecule has 114 valence electrons. The summed E-state index contributed by atoms with van der Waals surface area (Å²) in [6, 6.07) is 3.91. The van der Waals surface area contributed by atoms with E-state index in [9.17, 15) is 8.78 Å². The van der Waals surface area contributed by atoms with Crippen LogP contribution >= 0.6 is 0 Å². The number of aryl methyl sites for hydroxylation is 1. The highest BCUT2D eigenvalue weighted by molar-refractivity contribution is 5.66. The summed E-state index contributed by atoms with van der Waals surface area (Å²) in [5.74, 6) is -0.483. The minimum atomic E-state index is -0.833. The van der Waals surface area contributed by atoms with Gasteiger partial charge in [0.25, 0.3) is 0 Å². The van der Waals surface area contributed by atoms with Crippen LogP contribution in [0.1, 0.15) is 54.3 Å². The molecule has 2 bridgehead atoms. The summed E-state index contributed by atoms with van der Waals surface area (Å²) in [5, 5.41) is 3.24. The van der Waals surface area contributed by atoms with Gasteiger partial charge < -0.3 is 5.32 Å². The van der Waals surface area contributed by atoms with E-state index in [1.165, 1.54) is 42.9 Å². The van der Waals surface area contributed by atoms with Crippen LogP contribution in [0.15, 0.2) is 24.4 Å². The Bertz CT molecular complexity index is 734. The maximum Gasteiger partial charge on any atom is 0.160 e. The van der Waals surface area contributed by atoms with E-state index in [1.54, 1.807) is 6.07 Å². The molecule has 1 N–H and O–H groups in total. The second kappa shape index (κ2) is 5.04. The lowest BCUT2D eigenvalue weighted by molar-refractivity contribution is 0.357. The van der Waals surface area contributed by atoms with Crippen molar-refractivity contribution < 1.29 is 8.78 Å². The number of aromatic nitrogens is 1. The van der Waals surface area contributed by atoms with Crippen molar-refractivity contribution in [3.63, 3.8) is 0 Å². The van der Waals surface area contributed by atoms with Gasteiger partial charge in [0.1, 0.15) is 0 Å². The fraction of sp³-hybridized carbons (Fsp3) is 0.389. The predicted molar refractivity (Wildman–Crippen MR) is 82.6 cm³/mol. The Hall–Kier alpha value is -1.97. The van der Waals surface area contributed by atoms with E-state index in [4.69, 9.17) is 0 Å². The highest BCUT2D eigenvalue weighted by Crippen LogP contribution is 2.52. The zero-order valence-corrected chi connectivity index (χ0v) is 12.5. The van der Waals surface area contributed by atoms with Gasteiger partial charge in [0, 0.05) is 17.4 Å². The summed E-state index contributed by atoms with van der Waals surface area (Å²) < 4.78 is 26.5. The van der Waals surface area contributed by atoms with Crippen LogP contribution in [-0.2, 0) is 0 Å². The van der Waals surface area contributed by atoms with Crippen LogP contribution in [0.4, 0.5) is 20.2 Å². The molecule has 0 unspecified atom stereocenters. The second-order valence-electron chi connectivity index (χ2n) is 6.39. The third kappa shape index (κ3) is 2.09. The Morgan fingerprint density at radius 1 is 1.00 bits per heavy atom. The molecule has 1 aromatic heterocycles. The molecule has 0 saturated heterocycles. The largest absolute Gasteiger partial charge is 0.354 e. The molecule has 0 radical (unpaired) electrons. The summed E-state index contributed by atoms with van der Waals surface area (Å²) in [5.41, 5.74) is 5.35. The minimum absolute atomic E-state index is 0.563. The minimum Gasteiger partial charge on any atom is -0.354 e. The van der Waals surface area contributed by atoms with Gasteiger partial charge in [-0.25, -0.2) is 8.78 Å². The molecule has 3 aliphatic rings. The maximum absolute atomic E-state index is 13.4. The molecule has 0 aliphatic heterocycles. The molecule has 22 heavy (non-hydrogen) atoms. The van der Waals surface area contributed by atoms with Crippen molar-refractivity contribution in [1.29, 1.82) is 0 Å². The fourth-order valence-corrected chi connectivity index (χ4v) is 4.10. The lowest BCUT2D eigenvalue weighted by Gasteiger charge is -2.40. The molecule has 4 heteroatoms. The Morgan fingerprint density at radius 3 is 2.36 bits per heavy atom. The number of benzene rings is 1. The van der Waals surface area contributed by atoms with Gasteiger partial charge in [-0.3, -0.25) is 4.98 Å². The molecule has 2 nitrogen and oxygen atoms in total. The number of nitrogens with one attached hydrogen (secondary N) is 1. The standard InChI is InChI=1S/C18H18F2N2/c1-10-17-11-2-4-12(5-3-11)18(17)16(9-21-10)22-13-6-7-14(19)15(20)8-13/h6-9,11-12,22H,2-5H2,1H3. The smallest absolute Gasteiger partial charge is 0.160 e. The molecule has 1 saturated carbocycles. The molecule has 2 aromatic rings. The second-order valence-corrected chi connectivity index (χ2v) is 6.39. The van der Waals surface area contributed by atoms with Crippen molar-refractivity contribution >= 4 is 11.4 Å². The van der Waals surface area contributed by atoms with Gasteiger partial charge in [-0.05, 0) is 67.7 Å². The quantitative estimate of drug-likeness (QED) is 0.828. The molecule has 1 heterocycles. The third-order valence-corrected chi connectivity index (χ3v) is 5.10. The average Bonchev–Trinajstić information content (AvgIpc) is 2.54. The third-order valence-electron chi connectivity index (χ3n) is 5.10. The number of hydrogen-bond acceptors (Lipinski definition) is 2. The van der Waals surface area contributed by atoms with Crippen LogP contribution in [-0.4, -0.2) is 4.98 Å². The van der Waals surface area contributed by atoms with Crippen LogP contribution in [0.2, 0.25) is 0 Å². The van der Waals surface area contributed by atoms with Crippen LogP contribution < -0.4 is 5.32 Å². The molecule has 0 spiro atoms. The van der Waals surface area contributed by atoms with Gasteiger partial charge in [0.2, 0.25) is 0 Å². The van der Waals surface area contributed by atoms with Gasteiger partial charge in [0.05, 0.1) is 11.9 Å². The molecule has 1 fully saturated rings. The summed E-state index contributed by atoms with van der Waals surface area (Å²) in [7, 11) is 0. The van der Waals surface area contributed by atoms with Crippen molar-refractivity contribution in [2.75, 3.05) is 5.32 Å². The Balaban J connectivity index is 1.77. The first-order valence-corrected chi connectivity index (χ1v) is 7.85. The highest BCUT2D eigenvalue weighted by atomic mass is 19.2. The number of halogens is 2. The van der Waals surface area contributed by atoms with Crippen molar-refractivity contribution in [3.8, 4) is 0 Å². The summed E-state index contributed by atoms with van der Waals surface area (Å²) in [4.78, 5) is 4.52. The van der Waals surface area contributed by atoms with E-state index in [-0.39, 0.29) is 0 Å². The van der Waals surface area contributed by atoms with E-state index in [0.29, 0.717) is 17.5 Å². The average molecular weight is 300 g/mol. The maximum atomic E-state index is 13.4. The lowest BCUT2D eigenvalue weighted by atomic mass is 9.66. The van der Waals surface area contributed by atoms with Crippen molar-refractivity contribution in [3.05, 3.63) is 52.9 Å². The number of anilines is 2. The number of pyridine rings is 1. The molecule has 0 atom stereocenters. The van der Waals surface area contributed by atoms with Gasteiger partial charge in [0.15, 0.2) is 11.6 Å².